The number of carboxylic acids is 1. The van der Waals surface area contributed by atoms with Gasteiger partial charge in [-0.2, -0.15) is 22.8 Å². The number of hydrogen-bond acceptors (Lipinski definition) is 21. The lowest BCUT2D eigenvalue weighted by atomic mass is 9.75. The van der Waals surface area contributed by atoms with Gasteiger partial charge in [-0.05, 0) is 70.1 Å². The minimum atomic E-state index is -5.17. The quantitative estimate of drug-likeness (QED) is 0.00853. The van der Waals surface area contributed by atoms with Crippen LogP contribution in [0.15, 0.2) is 61.2 Å². The maximum atomic E-state index is 12.9. The molecule has 79 heavy (non-hydrogen) atoms. The van der Waals surface area contributed by atoms with Crippen molar-refractivity contribution in [2.24, 2.45) is 23.7 Å². The molecule has 0 aliphatic carbocycles. The summed E-state index contributed by atoms with van der Waals surface area (Å²) in [7, 11) is 0. The SMILES string of the molecule is C[C@@H](NC(=O)C(F)(F)F)C1C(=O)NC1[C@@H](C)C(=O)C(=[N+]=[N-])C(=O)OCc1ccc([N+](=O)[O-])cc1.C[C@@H](NC(=O)Cn1cnnn1)C1C(=O)NC1[C@@H](C)C(=O)C(=[N+]=[N-])C(=O)OCc1ccc([N+](=O)[O-])cc1.O=C(O)Cn1cnnn1. The monoisotopic (exact) mass is 1110 g/mol. The lowest BCUT2D eigenvalue weighted by Gasteiger charge is -2.42. The van der Waals surface area contributed by atoms with Crippen LogP contribution < -0.4 is 21.3 Å². The first kappa shape index (κ1) is 61.1. The molecule has 2 fully saturated rings. The first-order chi connectivity index (χ1) is 37.2. The van der Waals surface area contributed by atoms with Crippen LogP contribution in [0.5, 0.6) is 0 Å². The molecule has 4 amide bonds. The summed E-state index contributed by atoms with van der Waals surface area (Å²) in [6, 6.07) is 6.32. The van der Waals surface area contributed by atoms with Crippen LogP contribution in [0.3, 0.4) is 0 Å². The molecule has 2 saturated heterocycles. The van der Waals surface area contributed by atoms with Crippen LogP contribution in [0.1, 0.15) is 38.8 Å². The van der Waals surface area contributed by atoms with E-state index >= 15 is 0 Å². The number of aromatic nitrogens is 8. The summed E-state index contributed by atoms with van der Waals surface area (Å²) in [6.45, 7) is 4.31. The van der Waals surface area contributed by atoms with Crippen LogP contribution in [0.25, 0.3) is 11.1 Å². The third-order valence-electron chi connectivity index (χ3n) is 11.5. The van der Waals surface area contributed by atoms with Crippen LogP contribution in [0, 0.1) is 43.9 Å². The predicted octanol–water partition coefficient (Wildman–Crippen LogP) is -1.73. The van der Waals surface area contributed by atoms with Gasteiger partial charge in [-0.3, -0.25) is 53.8 Å². The van der Waals surface area contributed by atoms with Crippen molar-refractivity contribution in [2.45, 2.75) is 84.3 Å². The molecule has 4 heterocycles. The van der Waals surface area contributed by atoms with E-state index in [0.717, 1.165) is 23.7 Å². The van der Waals surface area contributed by atoms with Gasteiger partial charge in [0.05, 0.1) is 33.8 Å². The van der Waals surface area contributed by atoms with Crippen LogP contribution in [-0.2, 0) is 78.9 Å². The Morgan fingerprint density at radius 1 is 0.696 bits per heavy atom. The number of aliphatic carboxylic acids is 1. The second-order valence-electron chi connectivity index (χ2n) is 16.8. The number of hydrogen-bond donors (Lipinski definition) is 5. The Kier molecular flexibility index (Phi) is 21.2. The second kappa shape index (κ2) is 27.4. The molecule has 0 spiro atoms. The van der Waals surface area contributed by atoms with Gasteiger partial charge < -0.3 is 46.9 Å². The molecule has 2 aromatic carbocycles. The molecule has 34 nitrogen and oxygen atoms in total. The smallest absolute Gasteiger partial charge is 0.471 e. The number of carbonyl (C=O) groups excluding carboxylic acids is 8. The fraction of sp³-hybridized carbons (Fsp3) is 0.405. The summed E-state index contributed by atoms with van der Waals surface area (Å²) in [5, 5.41) is 59.0. The Labute approximate surface area is 438 Å². The number of amides is 4. The van der Waals surface area contributed by atoms with Crippen LogP contribution in [-0.4, -0.2) is 160 Å². The predicted molar refractivity (Wildman–Crippen MR) is 247 cm³/mol. The summed E-state index contributed by atoms with van der Waals surface area (Å²) in [5.41, 5.74) is 16.9. The van der Waals surface area contributed by atoms with E-state index < -0.39 is 135 Å². The minimum absolute atomic E-state index is 0.149. The van der Waals surface area contributed by atoms with Crippen molar-refractivity contribution >= 4 is 75.9 Å². The van der Waals surface area contributed by atoms with E-state index in [1.54, 1.807) is 12.2 Å². The maximum Gasteiger partial charge on any atom is 0.471 e. The zero-order chi connectivity index (χ0) is 58.9. The molecular formula is C42H43F3N18O16. The number of ketones is 2. The van der Waals surface area contributed by atoms with Crippen molar-refractivity contribution in [1.29, 1.82) is 0 Å². The van der Waals surface area contributed by atoms with E-state index in [2.05, 4.69) is 56.6 Å². The number of nitro benzene ring substituents is 2. The molecule has 4 aromatic rings. The number of nitrogens with one attached hydrogen (secondary N) is 4. The number of carbonyl (C=O) groups is 9. The average Bonchev–Trinajstić information content (AvgIpc) is 4.16. The summed E-state index contributed by atoms with van der Waals surface area (Å²) in [4.78, 5) is 133. The number of tetrazole rings is 2. The lowest BCUT2D eigenvalue weighted by molar-refractivity contribution is -0.385. The van der Waals surface area contributed by atoms with Gasteiger partial charge in [-0.15, -0.1) is 10.2 Å². The molecule has 4 unspecified atom stereocenters. The minimum Gasteiger partial charge on any atom is -0.480 e. The highest BCUT2D eigenvalue weighted by Crippen LogP contribution is 2.29. The van der Waals surface area contributed by atoms with E-state index in [1.165, 1.54) is 67.6 Å². The highest BCUT2D eigenvalue weighted by atomic mass is 19.4. The van der Waals surface area contributed by atoms with Gasteiger partial charge in [0.2, 0.25) is 17.7 Å². The van der Waals surface area contributed by atoms with Gasteiger partial charge in [-0.1, -0.05) is 13.8 Å². The fourth-order valence-electron chi connectivity index (χ4n) is 7.34. The van der Waals surface area contributed by atoms with Crippen molar-refractivity contribution in [2.75, 3.05) is 0 Å². The van der Waals surface area contributed by atoms with E-state index in [0.29, 0.717) is 11.1 Å². The number of alkyl halides is 3. The van der Waals surface area contributed by atoms with Gasteiger partial charge in [-0.25, -0.2) is 19.0 Å². The molecule has 6 rings (SSSR count). The number of Topliss-reactive ketones (excluding diaryl/α,β-unsaturated/α-hetero) is 2. The van der Waals surface area contributed by atoms with E-state index in [-0.39, 0.29) is 31.1 Å². The first-order valence-corrected chi connectivity index (χ1v) is 22.4. The van der Waals surface area contributed by atoms with Crippen LogP contribution in [0.4, 0.5) is 24.5 Å². The van der Waals surface area contributed by atoms with Crippen molar-refractivity contribution < 1.29 is 90.3 Å². The number of rotatable bonds is 22. The van der Waals surface area contributed by atoms with Crippen molar-refractivity contribution in [1.82, 2.24) is 61.7 Å². The Hall–Kier alpha value is -10.4. The number of carboxylic acid groups (broad SMARTS) is 1. The summed E-state index contributed by atoms with van der Waals surface area (Å²) in [6.07, 6.45) is -2.68. The number of β-lactam (4-membered cyclic amide) rings is 2. The molecule has 418 valence electrons. The Morgan fingerprint density at radius 3 is 1.39 bits per heavy atom. The second-order valence-corrected chi connectivity index (χ2v) is 16.8. The van der Waals surface area contributed by atoms with Crippen LogP contribution >= 0.6 is 0 Å². The number of ether oxygens (including phenoxy) is 2. The molecule has 2 aliphatic heterocycles. The number of halogens is 3. The molecule has 5 N–H and O–H groups in total. The van der Waals surface area contributed by atoms with Gasteiger partial charge in [0.15, 0.2) is 0 Å². The fourth-order valence-corrected chi connectivity index (χ4v) is 7.34. The van der Waals surface area contributed by atoms with Gasteiger partial charge in [0.25, 0.3) is 22.9 Å². The third kappa shape index (κ3) is 16.8. The number of nitro groups is 2. The normalized spacial score (nSPS) is 17.4. The van der Waals surface area contributed by atoms with Crippen molar-refractivity contribution in [3.63, 3.8) is 0 Å². The largest absolute Gasteiger partial charge is 0.480 e. The summed E-state index contributed by atoms with van der Waals surface area (Å²) in [5.74, 6) is -13.5. The molecule has 37 heteroatoms. The number of esters is 2. The Bertz CT molecular complexity index is 3060. The highest BCUT2D eigenvalue weighted by Gasteiger charge is 2.53. The first-order valence-electron chi connectivity index (χ1n) is 22.4. The van der Waals surface area contributed by atoms with Crippen LogP contribution in [0.2, 0.25) is 0 Å². The summed E-state index contributed by atoms with van der Waals surface area (Å²) >= 11 is 0. The van der Waals surface area contributed by atoms with E-state index in [9.17, 15) is 82.1 Å². The molecule has 2 aliphatic rings. The standard InChI is InChI=1S/C20H21N9O7.C19H18F3N5O7.C3H4N4O2/c1-10(16-15(19(32)24-16)11(2)23-14(30)7-28-9-22-26-27-28)18(31)17(25-21)20(33)36-8-12-3-5-13(6-4-12)29(34)35;1-8(13-12(16(29)25-13)9(2)24-18(31)19(20,21)22)15(28)14(26-23)17(30)34-7-10-3-5-11(6-4-10)27(32)33;8-3(9)1-7-2-4-5-6-7/h3-6,9-11,15-16H,7-8H2,1-2H3,(H,23,30)(H,24,32);3-6,8-9,12-13H,7H2,1-2H3,(H,24,31)(H,25,29);2H,1H2,(H,8,9)/t10-,11-,15?,16?;8-,9-,12?,13?;/m11./s1. The zero-order valence-corrected chi connectivity index (χ0v) is 41.2. The summed E-state index contributed by atoms with van der Waals surface area (Å²) < 4.78 is 49.6. The number of nitrogens with zero attached hydrogens (tertiary/aromatic N) is 14. The molecule has 0 radical (unpaired) electrons. The van der Waals surface area contributed by atoms with Gasteiger partial charge >= 0.3 is 41.4 Å². The molecule has 2 aromatic heterocycles. The van der Waals surface area contributed by atoms with Gasteiger partial charge in [0.1, 0.15) is 39.0 Å². The lowest BCUT2D eigenvalue weighted by Crippen LogP contribution is -2.68. The molecule has 8 atom stereocenters. The molecule has 0 bridgehead atoms. The average molecular weight is 1110 g/mol. The van der Waals surface area contributed by atoms with Crippen molar-refractivity contribution in [3.05, 3.63) is 104 Å². The topological polar surface area (TPSA) is 487 Å². The highest BCUT2D eigenvalue weighted by molar-refractivity contribution is 6.63. The Morgan fingerprint density at radius 2 is 1.08 bits per heavy atom. The third-order valence-corrected chi connectivity index (χ3v) is 11.5. The molecule has 0 saturated carbocycles. The maximum absolute atomic E-state index is 12.9. The van der Waals surface area contributed by atoms with Crippen molar-refractivity contribution in [3.8, 4) is 0 Å². The number of non-ortho nitro benzene ring substituents is 2. The van der Waals surface area contributed by atoms with E-state index in [4.69, 9.17) is 20.1 Å². The number of benzene rings is 2. The van der Waals surface area contributed by atoms with Gasteiger partial charge in [0, 0.05) is 48.2 Å². The molecular weight excluding hydrogens is 1070 g/mol. The van der Waals surface area contributed by atoms with E-state index in [1.807, 2.05) is 0 Å². The zero-order valence-electron chi connectivity index (χ0n) is 41.2. The Balaban J connectivity index is 0.000000294.